The molecule has 0 aliphatic carbocycles. The lowest BCUT2D eigenvalue weighted by atomic mass is 10.1. The molecular weight excluding hydrogens is 192 g/mol. The van der Waals surface area contributed by atoms with Crippen molar-refractivity contribution in [1.82, 2.24) is 10.3 Å². The molecule has 0 aliphatic heterocycles. The molecule has 0 saturated carbocycles. The van der Waals surface area contributed by atoms with Crippen LogP contribution in [0.3, 0.4) is 0 Å². The number of nitrogens with one attached hydrogen (secondary N) is 1. The number of amides is 1. The van der Waals surface area contributed by atoms with E-state index in [2.05, 4.69) is 10.3 Å². The fourth-order valence-electron chi connectivity index (χ4n) is 1.12. The van der Waals surface area contributed by atoms with Crippen LogP contribution in [0.15, 0.2) is 18.5 Å². The van der Waals surface area contributed by atoms with Crippen LogP contribution in [0, 0.1) is 6.92 Å². The molecule has 1 aromatic rings. The molecule has 4 nitrogen and oxygen atoms in total. The Morgan fingerprint density at radius 3 is 3.07 bits per heavy atom. The largest absolute Gasteiger partial charge is 0.372 e. The quantitative estimate of drug-likeness (QED) is 0.786. The summed E-state index contributed by atoms with van der Waals surface area (Å²) in [5, 5.41) is 2.77. The standard InChI is InChI=1S/C11H16N2O2/c1-3-15-8-11(14)13-7-10-6-12-5-4-9(10)2/h4-6H,3,7-8H2,1-2H3,(H,13,14). The van der Waals surface area contributed by atoms with Gasteiger partial charge in [-0.1, -0.05) is 0 Å². The lowest BCUT2D eigenvalue weighted by Gasteiger charge is -2.07. The zero-order chi connectivity index (χ0) is 11.1. The van der Waals surface area contributed by atoms with Crippen LogP contribution in [0.4, 0.5) is 0 Å². The van der Waals surface area contributed by atoms with E-state index in [0.29, 0.717) is 13.2 Å². The minimum absolute atomic E-state index is 0.0971. The number of hydrogen-bond donors (Lipinski definition) is 1. The van der Waals surface area contributed by atoms with Gasteiger partial charge in [0, 0.05) is 25.5 Å². The van der Waals surface area contributed by atoms with Gasteiger partial charge in [-0.2, -0.15) is 0 Å². The minimum atomic E-state index is -0.0971. The monoisotopic (exact) mass is 208 g/mol. The third-order valence-corrected chi connectivity index (χ3v) is 2.06. The van der Waals surface area contributed by atoms with Crippen molar-refractivity contribution in [1.29, 1.82) is 0 Å². The summed E-state index contributed by atoms with van der Waals surface area (Å²) in [6, 6.07) is 1.92. The van der Waals surface area contributed by atoms with E-state index in [1.54, 1.807) is 12.4 Å². The van der Waals surface area contributed by atoms with Crippen LogP contribution in [0.5, 0.6) is 0 Å². The fraction of sp³-hybridized carbons (Fsp3) is 0.455. The summed E-state index contributed by atoms with van der Waals surface area (Å²) in [5.41, 5.74) is 2.16. The van der Waals surface area contributed by atoms with E-state index >= 15 is 0 Å². The Morgan fingerprint density at radius 2 is 2.40 bits per heavy atom. The maximum Gasteiger partial charge on any atom is 0.246 e. The molecule has 15 heavy (non-hydrogen) atoms. The Kier molecular flexibility index (Phi) is 4.77. The zero-order valence-corrected chi connectivity index (χ0v) is 9.12. The molecular formula is C11H16N2O2. The molecule has 82 valence electrons. The van der Waals surface area contributed by atoms with Crippen LogP contribution in [0.25, 0.3) is 0 Å². The summed E-state index contributed by atoms with van der Waals surface area (Å²) in [6.45, 7) is 5.03. The van der Waals surface area contributed by atoms with Gasteiger partial charge >= 0.3 is 0 Å². The Morgan fingerprint density at radius 1 is 1.60 bits per heavy atom. The summed E-state index contributed by atoms with van der Waals surface area (Å²) in [5.74, 6) is -0.0971. The van der Waals surface area contributed by atoms with Gasteiger partial charge in [-0.05, 0) is 31.0 Å². The highest BCUT2D eigenvalue weighted by atomic mass is 16.5. The van der Waals surface area contributed by atoms with Gasteiger partial charge in [0.2, 0.25) is 5.91 Å². The molecule has 0 saturated heterocycles. The topological polar surface area (TPSA) is 51.2 Å². The molecule has 1 amide bonds. The second-order valence-corrected chi connectivity index (χ2v) is 3.22. The maximum absolute atomic E-state index is 11.2. The van der Waals surface area contributed by atoms with Crippen molar-refractivity contribution in [2.24, 2.45) is 0 Å². The third-order valence-electron chi connectivity index (χ3n) is 2.06. The fourth-order valence-corrected chi connectivity index (χ4v) is 1.12. The molecule has 0 atom stereocenters. The first-order chi connectivity index (χ1) is 7.24. The van der Waals surface area contributed by atoms with Crippen LogP contribution in [-0.4, -0.2) is 24.1 Å². The summed E-state index contributed by atoms with van der Waals surface area (Å²) in [7, 11) is 0. The molecule has 0 spiro atoms. The predicted molar refractivity (Wildman–Crippen MR) is 57.3 cm³/mol. The maximum atomic E-state index is 11.2. The van der Waals surface area contributed by atoms with Crippen LogP contribution in [0.1, 0.15) is 18.1 Å². The second-order valence-electron chi connectivity index (χ2n) is 3.22. The number of nitrogens with zero attached hydrogens (tertiary/aromatic N) is 1. The van der Waals surface area contributed by atoms with E-state index in [0.717, 1.165) is 11.1 Å². The molecule has 0 bridgehead atoms. The van der Waals surface area contributed by atoms with Gasteiger partial charge in [-0.15, -0.1) is 0 Å². The number of carbonyl (C=O) groups is 1. The lowest BCUT2D eigenvalue weighted by Crippen LogP contribution is -2.27. The van der Waals surface area contributed by atoms with E-state index in [1.165, 1.54) is 0 Å². The smallest absolute Gasteiger partial charge is 0.246 e. The van der Waals surface area contributed by atoms with Gasteiger partial charge in [-0.25, -0.2) is 0 Å². The summed E-state index contributed by atoms with van der Waals surface area (Å²) < 4.78 is 4.99. The first kappa shape index (κ1) is 11.7. The molecule has 0 radical (unpaired) electrons. The Bertz CT molecular complexity index is 326. The van der Waals surface area contributed by atoms with Crippen molar-refractivity contribution in [2.45, 2.75) is 20.4 Å². The number of hydrogen-bond acceptors (Lipinski definition) is 3. The normalized spacial score (nSPS) is 10.0. The van der Waals surface area contributed by atoms with Crippen molar-refractivity contribution >= 4 is 5.91 Å². The molecule has 0 aliphatic rings. The van der Waals surface area contributed by atoms with E-state index < -0.39 is 0 Å². The predicted octanol–water partition coefficient (Wildman–Crippen LogP) is 1.04. The zero-order valence-electron chi connectivity index (χ0n) is 9.12. The number of aryl methyl sites for hydroxylation is 1. The van der Waals surface area contributed by atoms with Crippen LogP contribution in [-0.2, 0) is 16.1 Å². The highest BCUT2D eigenvalue weighted by molar-refractivity contribution is 5.77. The Labute approximate surface area is 89.7 Å². The molecule has 4 heteroatoms. The van der Waals surface area contributed by atoms with Gasteiger partial charge < -0.3 is 10.1 Å². The van der Waals surface area contributed by atoms with E-state index in [-0.39, 0.29) is 12.5 Å². The molecule has 1 rings (SSSR count). The SMILES string of the molecule is CCOCC(=O)NCc1cnccc1C. The molecule has 0 unspecified atom stereocenters. The number of pyridine rings is 1. The van der Waals surface area contributed by atoms with Gasteiger partial charge in [0.05, 0.1) is 0 Å². The highest BCUT2D eigenvalue weighted by Crippen LogP contribution is 2.03. The first-order valence-corrected chi connectivity index (χ1v) is 4.98. The Hall–Kier alpha value is -1.42. The van der Waals surface area contributed by atoms with Crippen LogP contribution < -0.4 is 5.32 Å². The number of carbonyl (C=O) groups excluding carboxylic acids is 1. The summed E-state index contributed by atoms with van der Waals surface area (Å²) in [4.78, 5) is 15.2. The number of aromatic nitrogens is 1. The average molecular weight is 208 g/mol. The van der Waals surface area contributed by atoms with Gasteiger partial charge in [0.1, 0.15) is 6.61 Å². The van der Waals surface area contributed by atoms with Gasteiger partial charge in [0.15, 0.2) is 0 Å². The van der Waals surface area contributed by atoms with Crippen molar-refractivity contribution in [3.05, 3.63) is 29.6 Å². The van der Waals surface area contributed by atoms with Crippen molar-refractivity contribution in [2.75, 3.05) is 13.2 Å². The van der Waals surface area contributed by atoms with E-state index in [4.69, 9.17) is 4.74 Å². The summed E-state index contributed by atoms with van der Waals surface area (Å²) in [6.07, 6.45) is 3.50. The average Bonchev–Trinajstić information content (AvgIpc) is 2.25. The van der Waals surface area contributed by atoms with E-state index in [9.17, 15) is 4.79 Å². The van der Waals surface area contributed by atoms with Crippen molar-refractivity contribution in [3.63, 3.8) is 0 Å². The number of rotatable bonds is 5. The second kappa shape index (κ2) is 6.14. The molecule has 1 heterocycles. The van der Waals surface area contributed by atoms with Crippen molar-refractivity contribution in [3.8, 4) is 0 Å². The molecule has 0 aromatic carbocycles. The first-order valence-electron chi connectivity index (χ1n) is 4.98. The highest BCUT2D eigenvalue weighted by Gasteiger charge is 2.02. The van der Waals surface area contributed by atoms with Crippen LogP contribution in [0.2, 0.25) is 0 Å². The van der Waals surface area contributed by atoms with Gasteiger partial charge in [-0.3, -0.25) is 9.78 Å². The van der Waals surface area contributed by atoms with Crippen LogP contribution >= 0.6 is 0 Å². The molecule has 1 aromatic heterocycles. The molecule has 0 fully saturated rings. The Balaban J connectivity index is 2.37. The molecule has 1 N–H and O–H groups in total. The van der Waals surface area contributed by atoms with Gasteiger partial charge in [0.25, 0.3) is 0 Å². The van der Waals surface area contributed by atoms with Crippen molar-refractivity contribution < 1.29 is 9.53 Å². The number of ether oxygens (including phenoxy) is 1. The summed E-state index contributed by atoms with van der Waals surface area (Å²) >= 11 is 0. The van der Waals surface area contributed by atoms with E-state index in [1.807, 2.05) is 19.9 Å². The third kappa shape index (κ3) is 4.08. The minimum Gasteiger partial charge on any atom is -0.372 e. The lowest BCUT2D eigenvalue weighted by molar-refractivity contribution is -0.125.